The Morgan fingerprint density at radius 1 is 1.50 bits per heavy atom. The molecule has 86 valence electrons. The fraction of sp³-hybridized carbons (Fsp3) is 0.455. The second-order valence-electron chi connectivity index (χ2n) is 3.89. The molecule has 2 aromatic heterocycles. The van der Waals surface area contributed by atoms with Gasteiger partial charge in [0.2, 0.25) is 0 Å². The number of nitrogens with zero attached hydrogens (tertiary/aromatic N) is 4. The highest BCUT2D eigenvalue weighted by atomic mass is 15.3. The number of anilines is 1. The lowest BCUT2D eigenvalue weighted by atomic mass is 10.4. The van der Waals surface area contributed by atoms with E-state index in [4.69, 9.17) is 0 Å². The maximum absolute atomic E-state index is 4.41. The van der Waals surface area contributed by atoms with Crippen LogP contribution in [0.15, 0.2) is 18.5 Å². The number of aromatic nitrogens is 3. The Bertz CT molecular complexity index is 476. The Morgan fingerprint density at radius 3 is 3.06 bits per heavy atom. The van der Waals surface area contributed by atoms with Crippen LogP contribution >= 0.6 is 0 Å². The molecule has 0 aromatic carbocycles. The number of likely N-dealkylation sites (N-methyl/N-ethyl adjacent to an activating group) is 2. The highest BCUT2D eigenvalue weighted by Crippen LogP contribution is 2.17. The molecule has 16 heavy (non-hydrogen) atoms. The summed E-state index contributed by atoms with van der Waals surface area (Å²) in [5.41, 5.74) is 2.06. The highest BCUT2D eigenvalue weighted by molar-refractivity contribution is 5.68. The quantitative estimate of drug-likeness (QED) is 0.822. The summed E-state index contributed by atoms with van der Waals surface area (Å²) in [6.45, 7) is 3.85. The van der Waals surface area contributed by atoms with Crippen molar-refractivity contribution in [3.63, 3.8) is 0 Å². The Balaban J connectivity index is 2.35. The SMILES string of the molecule is CNCCN(C)c1nccn2nc(C)cc12. The van der Waals surface area contributed by atoms with Gasteiger partial charge in [-0.2, -0.15) is 5.10 Å². The average Bonchev–Trinajstić information content (AvgIpc) is 2.65. The summed E-state index contributed by atoms with van der Waals surface area (Å²) in [6.07, 6.45) is 3.66. The second-order valence-corrected chi connectivity index (χ2v) is 3.89. The van der Waals surface area contributed by atoms with Crippen LogP contribution in [0.5, 0.6) is 0 Å². The topological polar surface area (TPSA) is 45.5 Å². The van der Waals surface area contributed by atoms with E-state index in [9.17, 15) is 0 Å². The third-order valence-electron chi connectivity index (χ3n) is 2.55. The molecular weight excluding hydrogens is 202 g/mol. The zero-order valence-electron chi connectivity index (χ0n) is 9.94. The minimum atomic E-state index is 0.924. The van der Waals surface area contributed by atoms with Crippen LogP contribution in [0.3, 0.4) is 0 Å². The van der Waals surface area contributed by atoms with Gasteiger partial charge in [-0.25, -0.2) is 9.50 Å². The molecule has 2 rings (SSSR count). The maximum Gasteiger partial charge on any atom is 0.154 e. The fourth-order valence-electron chi connectivity index (χ4n) is 1.71. The van der Waals surface area contributed by atoms with E-state index in [1.54, 1.807) is 6.20 Å². The summed E-state index contributed by atoms with van der Waals surface area (Å²) >= 11 is 0. The van der Waals surface area contributed by atoms with Gasteiger partial charge in [-0.15, -0.1) is 0 Å². The van der Waals surface area contributed by atoms with Crippen LogP contribution in [-0.2, 0) is 0 Å². The molecule has 0 aliphatic heterocycles. The van der Waals surface area contributed by atoms with Gasteiger partial charge < -0.3 is 10.2 Å². The van der Waals surface area contributed by atoms with Gasteiger partial charge in [-0.05, 0) is 20.0 Å². The normalized spacial score (nSPS) is 10.9. The van der Waals surface area contributed by atoms with Crippen molar-refractivity contribution in [1.29, 1.82) is 0 Å². The zero-order valence-corrected chi connectivity index (χ0v) is 9.94. The molecule has 0 fully saturated rings. The molecule has 0 atom stereocenters. The molecular formula is C11H17N5. The number of hydrogen-bond acceptors (Lipinski definition) is 4. The van der Waals surface area contributed by atoms with Crippen LogP contribution in [0.4, 0.5) is 5.82 Å². The lowest BCUT2D eigenvalue weighted by Crippen LogP contribution is -2.28. The minimum absolute atomic E-state index is 0.924. The van der Waals surface area contributed by atoms with Crippen LogP contribution in [0, 0.1) is 6.92 Å². The molecule has 1 N–H and O–H groups in total. The third kappa shape index (κ3) is 1.99. The molecule has 0 bridgehead atoms. The van der Waals surface area contributed by atoms with E-state index < -0.39 is 0 Å². The Hall–Kier alpha value is -1.62. The molecule has 2 aromatic rings. The van der Waals surface area contributed by atoms with E-state index in [2.05, 4.69) is 26.4 Å². The monoisotopic (exact) mass is 219 g/mol. The summed E-state index contributed by atoms with van der Waals surface area (Å²) in [5, 5.41) is 7.50. The Labute approximate surface area is 95.1 Å². The van der Waals surface area contributed by atoms with Crippen molar-refractivity contribution in [1.82, 2.24) is 19.9 Å². The van der Waals surface area contributed by atoms with E-state index in [1.807, 2.05) is 31.7 Å². The van der Waals surface area contributed by atoms with E-state index >= 15 is 0 Å². The van der Waals surface area contributed by atoms with Crippen LogP contribution in [0.25, 0.3) is 5.52 Å². The fourth-order valence-corrected chi connectivity index (χ4v) is 1.71. The summed E-state index contributed by atoms with van der Waals surface area (Å²) in [7, 11) is 3.99. The van der Waals surface area contributed by atoms with Crippen molar-refractivity contribution in [2.45, 2.75) is 6.92 Å². The average molecular weight is 219 g/mol. The lowest BCUT2D eigenvalue weighted by Gasteiger charge is -2.18. The van der Waals surface area contributed by atoms with Gasteiger partial charge in [0, 0.05) is 32.5 Å². The van der Waals surface area contributed by atoms with E-state index in [1.165, 1.54) is 0 Å². The highest BCUT2D eigenvalue weighted by Gasteiger charge is 2.08. The summed E-state index contributed by atoms with van der Waals surface area (Å²) in [5.74, 6) is 0.971. The molecule has 2 heterocycles. The molecule has 0 saturated heterocycles. The number of hydrogen-bond donors (Lipinski definition) is 1. The first-order chi connectivity index (χ1) is 7.72. The van der Waals surface area contributed by atoms with Gasteiger partial charge in [-0.3, -0.25) is 0 Å². The van der Waals surface area contributed by atoms with Gasteiger partial charge in [0.15, 0.2) is 5.82 Å². The Kier molecular flexibility index (Phi) is 3.05. The summed E-state index contributed by atoms with van der Waals surface area (Å²) in [6, 6.07) is 2.05. The molecule has 0 unspecified atom stereocenters. The van der Waals surface area contributed by atoms with E-state index in [-0.39, 0.29) is 0 Å². The van der Waals surface area contributed by atoms with Crippen molar-refractivity contribution in [3.05, 3.63) is 24.2 Å². The molecule has 0 aliphatic rings. The van der Waals surface area contributed by atoms with Gasteiger partial charge in [0.25, 0.3) is 0 Å². The third-order valence-corrected chi connectivity index (χ3v) is 2.55. The molecule has 0 spiro atoms. The predicted octanol–water partition coefficient (Wildman–Crippen LogP) is 0.693. The van der Waals surface area contributed by atoms with Crippen LogP contribution < -0.4 is 10.2 Å². The molecule has 0 amide bonds. The summed E-state index contributed by atoms with van der Waals surface area (Å²) < 4.78 is 1.87. The predicted molar refractivity (Wildman–Crippen MR) is 64.9 cm³/mol. The summed E-state index contributed by atoms with van der Waals surface area (Å²) in [4.78, 5) is 6.54. The first-order valence-corrected chi connectivity index (χ1v) is 5.39. The minimum Gasteiger partial charge on any atom is -0.357 e. The van der Waals surface area contributed by atoms with E-state index in [0.29, 0.717) is 0 Å². The Morgan fingerprint density at radius 2 is 2.31 bits per heavy atom. The number of aryl methyl sites for hydroxylation is 1. The van der Waals surface area contributed by atoms with Crippen molar-refractivity contribution in [2.24, 2.45) is 0 Å². The molecule has 0 aliphatic carbocycles. The number of fused-ring (bicyclic) bond motifs is 1. The van der Waals surface area contributed by atoms with Crippen molar-refractivity contribution in [2.75, 3.05) is 32.1 Å². The van der Waals surface area contributed by atoms with Crippen LogP contribution in [0.1, 0.15) is 5.69 Å². The number of nitrogens with one attached hydrogen (secondary N) is 1. The van der Waals surface area contributed by atoms with Gasteiger partial charge in [-0.1, -0.05) is 0 Å². The smallest absolute Gasteiger partial charge is 0.154 e. The van der Waals surface area contributed by atoms with Gasteiger partial charge in [0.1, 0.15) is 5.52 Å². The van der Waals surface area contributed by atoms with Crippen molar-refractivity contribution in [3.8, 4) is 0 Å². The van der Waals surface area contributed by atoms with Crippen LogP contribution in [-0.4, -0.2) is 41.8 Å². The first kappa shape index (κ1) is 10.9. The van der Waals surface area contributed by atoms with Crippen LogP contribution in [0.2, 0.25) is 0 Å². The largest absolute Gasteiger partial charge is 0.357 e. The van der Waals surface area contributed by atoms with Gasteiger partial charge >= 0.3 is 0 Å². The first-order valence-electron chi connectivity index (χ1n) is 5.39. The number of rotatable bonds is 4. The lowest BCUT2D eigenvalue weighted by molar-refractivity contribution is 0.760. The van der Waals surface area contributed by atoms with E-state index in [0.717, 1.165) is 30.1 Å². The van der Waals surface area contributed by atoms with Gasteiger partial charge in [0.05, 0.1) is 5.69 Å². The molecule has 0 radical (unpaired) electrons. The van der Waals surface area contributed by atoms with Crippen molar-refractivity contribution >= 4 is 11.3 Å². The maximum atomic E-state index is 4.41. The molecule has 5 heteroatoms. The molecule has 5 nitrogen and oxygen atoms in total. The van der Waals surface area contributed by atoms with Crippen molar-refractivity contribution < 1.29 is 0 Å². The standard InChI is InChI=1S/C11H17N5/c1-9-8-10-11(15(3)6-4-12-2)13-5-7-16(10)14-9/h5,7-8,12H,4,6H2,1-3H3. The second kappa shape index (κ2) is 4.49. The zero-order chi connectivity index (χ0) is 11.5. The molecule has 0 saturated carbocycles.